The van der Waals surface area contributed by atoms with Crippen molar-refractivity contribution in [3.63, 3.8) is 0 Å². The second-order valence-corrected chi connectivity index (χ2v) is 6.16. The largest absolute Gasteiger partial charge is 0.453 e. The van der Waals surface area contributed by atoms with Gasteiger partial charge in [-0.25, -0.2) is 4.39 Å². The molecule has 1 aromatic heterocycles. The first-order valence-corrected chi connectivity index (χ1v) is 7.90. The molecule has 0 amide bonds. The van der Waals surface area contributed by atoms with Crippen LogP contribution in [0.15, 0.2) is 28.7 Å². The molecule has 0 bridgehead atoms. The molecular formula is C18H21FO2. The number of Topliss-reactive ketones (excluding diaryl/α,β-unsaturated/α-hetero) is 1. The zero-order valence-electron chi connectivity index (χ0n) is 12.4. The van der Waals surface area contributed by atoms with Crippen molar-refractivity contribution in [2.75, 3.05) is 0 Å². The van der Waals surface area contributed by atoms with Crippen LogP contribution < -0.4 is 0 Å². The number of carbonyl (C=O) groups is 1. The van der Waals surface area contributed by atoms with Gasteiger partial charge in [-0.15, -0.1) is 0 Å². The average molecular weight is 288 g/mol. The van der Waals surface area contributed by atoms with Gasteiger partial charge in [0.05, 0.1) is 0 Å². The Hall–Kier alpha value is -1.64. The summed E-state index contributed by atoms with van der Waals surface area (Å²) in [6.07, 6.45) is 6.67. The molecule has 3 rings (SSSR count). The van der Waals surface area contributed by atoms with Crippen molar-refractivity contribution in [2.24, 2.45) is 11.8 Å². The molecule has 0 radical (unpaired) electrons. The van der Waals surface area contributed by atoms with E-state index in [0.29, 0.717) is 16.7 Å². The number of benzene rings is 1. The molecule has 2 aromatic rings. The van der Waals surface area contributed by atoms with Gasteiger partial charge in [0, 0.05) is 11.3 Å². The molecule has 1 aliphatic carbocycles. The predicted molar refractivity (Wildman–Crippen MR) is 80.9 cm³/mol. The molecule has 112 valence electrons. The molecule has 3 heteroatoms. The zero-order valence-corrected chi connectivity index (χ0v) is 12.4. The summed E-state index contributed by atoms with van der Waals surface area (Å²) in [5.41, 5.74) is 0.583. The highest BCUT2D eigenvalue weighted by atomic mass is 19.1. The van der Waals surface area contributed by atoms with Gasteiger partial charge in [-0.1, -0.05) is 19.8 Å². The van der Waals surface area contributed by atoms with Crippen LogP contribution >= 0.6 is 0 Å². The van der Waals surface area contributed by atoms with Crippen LogP contribution in [0.3, 0.4) is 0 Å². The third-order valence-corrected chi connectivity index (χ3v) is 4.64. The van der Waals surface area contributed by atoms with Gasteiger partial charge in [-0.3, -0.25) is 4.79 Å². The molecule has 0 aliphatic heterocycles. The van der Waals surface area contributed by atoms with Gasteiger partial charge in [-0.05, 0) is 55.9 Å². The summed E-state index contributed by atoms with van der Waals surface area (Å²) < 4.78 is 18.8. The van der Waals surface area contributed by atoms with E-state index in [1.54, 1.807) is 12.1 Å². The Morgan fingerprint density at radius 1 is 1.24 bits per heavy atom. The maximum atomic E-state index is 13.2. The van der Waals surface area contributed by atoms with Crippen LogP contribution in [0, 0.1) is 17.7 Å². The SMILES string of the molecule is CCCC1CCC(C(=O)c2cc3cc(F)ccc3o2)CC1. The van der Waals surface area contributed by atoms with Crippen molar-refractivity contribution in [1.29, 1.82) is 0 Å². The zero-order chi connectivity index (χ0) is 14.8. The van der Waals surface area contributed by atoms with Crippen molar-refractivity contribution in [1.82, 2.24) is 0 Å². The standard InChI is InChI=1S/C18H21FO2/c1-2-3-12-4-6-13(7-5-12)18(20)17-11-14-10-15(19)8-9-16(14)21-17/h8-13H,2-7H2,1H3. The van der Waals surface area contributed by atoms with Gasteiger partial charge in [-0.2, -0.15) is 0 Å². The van der Waals surface area contributed by atoms with E-state index < -0.39 is 0 Å². The Morgan fingerprint density at radius 3 is 2.71 bits per heavy atom. The molecule has 1 aromatic carbocycles. The first-order chi connectivity index (χ1) is 10.2. The van der Waals surface area contributed by atoms with E-state index in [0.717, 1.165) is 31.6 Å². The van der Waals surface area contributed by atoms with Crippen molar-refractivity contribution >= 4 is 16.8 Å². The number of carbonyl (C=O) groups excluding carboxylic acids is 1. The molecule has 0 saturated heterocycles. The minimum atomic E-state index is -0.303. The highest BCUT2D eigenvalue weighted by molar-refractivity contribution is 5.99. The van der Waals surface area contributed by atoms with E-state index in [1.807, 2.05) is 0 Å². The smallest absolute Gasteiger partial charge is 0.201 e. The van der Waals surface area contributed by atoms with Crippen LogP contribution in [0.2, 0.25) is 0 Å². The van der Waals surface area contributed by atoms with E-state index in [4.69, 9.17) is 4.42 Å². The molecule has 0 spiro atoms. The van der Waals surface area contributed by atoms with Gasteiger partial charge in [0.25, 0.3) is 0 Å². The summed E-state index contributed by atoms with van der Waals surface area (Å²) in [7, 11) is 0. The Labute approximate surface area is 124 Å². The molecule has 0 N–H and O–H groups in total. The highest BCUT2D eigenvalue weighted by Crippen LogP contribution is 2.34. The average Bonchev–Trinajstić information content (AvgIpc) is 2.90. The summed E-state index contributed by atoms with van der Waals surface area (Å²) >= 11 is 0. The highest BCUT2D eigenvalue weighted by Gasteiger charge is 2.28. The summed E-state index contributed by atoms with van der Waals surface area (Å²) in [4.78, 5) is 12.5. The summed E-state index contributed by atoms with van der Waals surface area (Å²) in [6, 6.07) is 6.03. The minimum Gasteiger partial charge on any atom is -0.453 e. The van der Waals surface area contributed by atoms with Crippen LogP contribution in [0.25, 0.3) is 11.0 Å². The van der Waals surface area contributed by atoms with Gasteiger partial charge in [0.2, 0.25) is 5.78 Å². The maximum absolute atomic E-state index is 13.2. The predicted octanol–water partition coefficient (Wildman–Crippen LogP) is 5.36. The summed E-state index contributed by atoms with van der Waals surface area (Å²) in [5, 5.41) is 0.665. The third-order valence-electron chi connectivity index (χ3n) is 4.64. The first-order valence-electron chi connectivity index (χ1n) is 7.90. The van der Waals surface area contributed by atoms with Crippen molar-refractivity contribution in [3.8, 4) is 0 Å². The van der Waals surface area contributed by atoms with E-state index in [9.17, 15) is 9.18 Å². The third kappa shape index (κ3) is 3.02. The molecule has 2 nitrogen and oxygen atoms in total. The fourth-order valence-corrected chi connectivity index (χ4v) is 3.46. The molecule has 1 fully saturated rings. The van der Waals surface area contributed by atoms with E-state index in [-0.39, 0.29) is 17.5 Å². The van der Waals surface area contributed by atoms with Gasteiger partial charge in [0.15, 0.2) is 5.76 Å². The summed E-state index contributed by atoms with van der Waals surface area (Å²) in [6.45, 7) is 2.21. The fourth-order valence-electron chi connectivity index (χ4n) is 3.46. The Balaban J connectivity index is 1.72. The number of halogens is 1. The first kappa shape index (κ1) is 14.3. The minimum absolute atomic E-state index is 0.0727. The molecule has 21 heavy (non-hydrogen) atoms. The van der Waals surface area contributed by atoms with Crippen molar-refractivity contribution in [2.45, 2.75) is 45.4 Å². The second kappa shape index (κ2) is 6.00. The Morgan fingerprint density at radius 2 is 2.00 bits per heavy atom. The quantitative estimate of drug-likeness (QED) is 0.709. The van der Waals surface area contributed by atoms with Crippen LogP contribution in [-0.2, 0) is 0 Å². The van der Waals surface area contributed by atoms with Crippen molar-refractivity contribution in [3.05, 3.63) is 35.8 Å². The lowest BCUT2D eigenvalue weighted by Crippen LogP contribution is -2.21. The number of fused-ring (bicyclic) bond motifs is 1. The number of hydrogen-bond acceptors (Lipinski definition) is 2. The molecule has 1 saturated carbocycles. The van der Waals surface area contributed by atoms with Crippen LogP contribution in [-0.4, -0.2) is 5.78 Å². The van der Waals surface area contributed by atoms with Gasteiger partial charge < -0.3 is 4.42 Å². The Bertz CT molecular complexity index is 636. The number of furan rings is 1. The number of hydrogen-bond donors (Lipinski definition) is 0. The van der Waals surface area contributed by atoms with Crippen molar-refractivity contribution < 1.29 is 13.6 Å². The van der Waals surface area contributed by atoms with E-state index >= 15 is 0 Å². The molecule has 0 atom stereocenters. The lowest BCUT2D eigenvalue weighted by molar-refractivity contribution is 0.0843. The number of ketones is 1. The van der Waals surface area contributed by atoms with Crippen LogP contribution in [0.1, 0.15) is 56.0 Å². The molecule has 1 heterocycles. The van der Waals surface area contributed by atoms with Crippen LogP contribution in [0.4, 0.5) is 4.39 Å². The lowest BCUT2D eigenvalue weighted by Gasteiger charge is -2.26. The van der Waals surface area contributed by atoms with Gasteiger partial charge >= 0.3 is 0 Å². The number of rotatable bonds is 4. The second-order valence-electron chi connectivity index (χ2n) is 6.16. The van der Waals surface area contributed by atoms with E-state index in [2.05, 4.69) is 6.92 Å². The van der Waals surface area contributed by atoms with Gasteiger partial charge in [0.1, 0.15) is 11.4 Å². The van der Waals surface area contributed by atoms with E-state index in [1.165, 1.54) is 25.0 Å². The Kier molecular flexibility index (Phi) is 4.09. The molecular weight excluding hydrogens is 267 g/mol. The topological polar surface area (TPSA) is 30.2 Å². The molecule has 0 unspecified atom stereocenters. The maximum Gasteiger partial charge on any atom is 0.201 e. The normalized spacial score (nSPS) is 22.6. The molecule has 1 aliphatic rings. The van der Waals surface area contributed by atoms with Crippen LogP contribution in [0.5, 0.6) is 0 Å². The lowest BCUT2D eigenvalue weighted by atomic mass is 9.78. The monoisotopic (exact) mass is 288 g/mol. The summed E-state index contributed by atoms with van der Waals surface area (Å²) in [5.74, 6) is 1.02. The fraction of sp³-hybridized carbons (Fsp3) is 0.500.